The summed E-state index contributed by atoms with van der Waals surface area (Å²) in [5.41, 5.74) is 9.45. The molecule has 8 aromatic carbocycles. The monoisotopic (exact) mass is 725 g/mol. The zero-order valence-electron chi connectivity index (χ0n) is 30.2. The second-order valence-electron chi connectivity index (χ2n) is 15.1. The topological polar surface area (TPSA) is 61.2 Å². The number of fused-ring (bicyclic) bond motifs is 19. The van der Waals surface area contributed by atoms with Crippen molar-refractivity contribution in [2.45, 2.75) is 0 Å². The van der Waals surface area contributed by atoms with E-state index in [-0.39, 0.29) is 0 Å². The highest BCUT2D eigenvalue weighted by Gasteiger charge is 2.28. The van der Waals surface area contributed by atoms with Crippen LogP contribution in [0.4, 0.5) is 0 Å². The third-order valence-electron chi connectivity index (χ3n) is 12.3. The van der Waals surface area contributed by atoms with Gasteiger partial charge in [-0.05, 0) is 34.4 Å². The Morgan fingerprint density at radius 2 is 1.11 bits per heavy atom. The number of nitrogens with zero attached hydrogens (tertiary/aromatic N) is 5. The van der Waals surface area contributed by atoms with Crippen molar-refractivity contribution >= 4 is 114 Å². The summed E-state index contributed by atoms with van der Waals surface area (Å²) in [4.78, 5) is 16.0. The summed E-state index contributed by atoms with van der Waals surface area (Å²) < 4.78 is 11.6. The Labute approximate surface area is 322 Å². The van der Waals surface area contributed by atoms with E-state index in [1.54, 1.807) is 0 Å². The third-order valence-corrected chi connectivity index (χ3v) is 12.3. The summed E-state index contributed by atoms with van der Waals surface area (Å²) in [7, 11) is 0. The van der Waals surface area contributed by atoms with Gasteiger partial charge in [-0.3, -0.25) is 9.55 Å². The summed E-state index contributed by atoms with van der Waals surface area (Å²) in [6.45, 7) is 0. The van der Waals surface area contributed by atoms with Crippen LogP contribution < -0.4 is 0 Å². The van der Waals surface area contributed by atoms with E-state index >= 15 is 0 Å². The van der Waals surface area contributed by atoms with Crippen molar-refractivity contribution < 1.29 is 4.42 Å². The molecule has 14 aromatic rings. The van der Waals surface area contributed by atoms with Gasteiger partial charge in [-0.1, -0.05) is 140 Å². The van der Waals surface area contributed by atoms with Gasteiger partial charge in [-0.15, -0.1) is 0 Å². The van der Waals surface area contributed by atoms with Crippen molar-refractivity contribution in [2.24, 2.45) is 0 Å². The molecule has 6 heterocycles. The van der Waals surface area contributed by atoms with E-state index in [9.17, 15) is 0 Å². The number of rotatable bonds is 2. The van der Waals surface area contributed by atoms with Crippen LogP contribution in [0.3, 0.4) is 0 Å². The standard InChI is InChI=1S/C51H27N5O/c1-2-13-29-26-30(25-24-28(29)12-1)44-43-45-49(32-15-4-3-14-31(32)27-52-45)57-50(43)54-51(53-44)56-40-23-10-8-19-37(40)41-34-17-5-6-18-36(34)47-42(48(41)56)38-21-11-20-35-33-16-7-9-22-39(33)55(47)46(35)38/h1-27H. The maximum atomic E-state index is 6.84. The minimum Gasteiger partial charge on any atom is -0.435 e. The molecule has 6 aromatic heterocycles. The Bertz CT molecular complexity index is 4060. The predicted molar refractivity (Wildman–Crippen MR) is 234 cm³/mol. The van der Waals surface area contributed by atoms with Gasteiger partial charge in [0.1, 0.15) is 5.52 Å². The Balaban J connectivity index is 1.22. The molecule has 14 rings (SSSR count). The van der Waals surface area contributed by atoms with E-state index in [4.69, 9.17) is 19.4 Å². The highest BCUT2D eigenvalue weighted by atomic mass is 16.3. The van der Waals surface area contributed by atoms with Crippen molar-refractivity contribution in [3.63, 3.8) is 0 Å². The molecule has 0 amide bonds. The van der Waals surface area contributed by atoms with Crippen LogP contribution >= 0.6 is 0 Å². The van der Waals surface area contributed by atoms with Crippen LogP contribution in [0.15, 0.2) is 168 Å². The summed E-state index contributed by atoms with van der Waals surface area (Å²) in [5, 5.41) is 14.7. The quantitative estimate of drug-likeness (QED) is 0.178. The highest BCUT2D eigenvalue weighted by Crippen LogP contribution is 2.49. The summed E-state index contributed by atoms with van der Waals surface area (Å²) in [6, 6.07) is 56.2. The Morgan fingerprint density at radius 1 is 0.439 bits per heavy atom. The SMILES string of the molecule is c1ccc2cc(-c3nc(-n4c5ccccc5c5c6ccccc6c6c(c7cccc8c9ccccc9n6c87)c54)nc4oc5c6ccccc6cnc5c34)ccc2c1. The second-order valence-corrected chi connectivity index (χ2v) is 15.1. The van der Waals surface area contributed by atoms with Gasteiger partial charge < -0.3 is 8.82 Å². The van der Waals surface area contributed by atoms with Gasteiger partial charge in [-0.2, -0.15) is 4.98 Å². The average molecular weight is 726 g/mol. The van der Waals surface area contributed by atoms with Crippen LogP contribution in [-0.4, -0.2) is 23.9 Å². The molecule has 0 atom stereocenters. The average Bonchev–Trinajstić information content (AvgIpc) is 4.02. The summed E-state index contributed by atoms with van der Waals surface area (Å²) in [6.07, 6.45) is 1.92. The van der Waals surface area contributed by atoms with Crippen molar-refractivity contribution in [1.29, 1.82) is 0 Å². The van der Waals surface area contributed by atoms with Crippen LogP contribution in [0.1, 0.15) is 0 Å². The number of benzene rings is 8. The minimum atomic E-state index is 0.504. The molecular formula is C51H27N5O. The van der Waals surface area contributed by atoms with Gasteiger partial charge in [0.05, 0.1) is 38.7 Å². The van der Waals surface area contributed by atoms with Gasteiger partial charge >= 0.3 is 0 Å². The zero-order chi connectivity index (χ0) is 36.9. The van der Waals surface area contributed by atoms with Crippen molar-refractivity contribution in [2.75, 3.05) is 0 Å². The number of hydrogen-bond donors (Lipinski definition) is 0. The molecule has 0 bridgehead atoms. The number of hydrogen-bond acceptors (Lipinski definition) is 4. The fourth-order valence-electron chi connectivity index (χ4n) is 9.93. The molecule has 0 aliphatic heterocycles. The first-order valence-electron chi connectivity index (χ1n) is 19.3. The highest BCUT2D eigenvalue weighted by molar-refractivity contribution is 6.39. The fraction of sp³-hybridized carbons (Fsp3) is 0. The van der Waals surface area contributed by atoms with Crippen molar-refractivity contribution in [3.05, 3.63) is 164 Å². The van der Waals surface area contributed by atoms with Crippen molar-refractivity contribution in [3.8, 4) is 17.2 Å². The molecule has 262 valence electrons. The molecule has 0 spiro atoms. The zero-order valence-corrected chi connectivity index (χ0v) is 30.2. The van der Waals surface area contributed by atoms with Gasteiger partial charge in [-0.25, -0.2) is 4.98 Å². The van der Waals surface area contributed by atoms with E-state index in [2.05, 4.69) is 155 Å². The first kappa shape index (κ1) is 29.5. The molecule has 0 saturated carbocycles. The lowest BCUT2D eigenvalue weighted by Gasteiger charge is -2.12. The number of aromatic nitrogens is 5. The molecular weight excluding hydrogens is 699 g/mol. The Kier molecular flexibility index (Phi) is 5.42. The lowest BCUT2D eigenvalue weighted by Crippen LogP contribution is -2.03. The molecule has 6 nitrogen and oxygen atoms in total. The van der Waals surface area contributed by atoms with E-state index in [1.807, 2.05) is 18.3 Å². The fourth-order valence-corrected chi connectivity index (χ4v) is 9.93. The molecule has 0 fully saturated rings. The molecule has 57 heavy (non-hydrogen) atoms. The van der Waals surface area contributed by atoms with Crippen LogP contribution in [0.2, 0.25) is 0 Å². The predicted octanol–water partition coefficient (Wildman–Crippen LogP) is 13.1. The Hall–Kier alpha value is -7.83. The van der Waals surface area contributed by atoms with E-state index < -0.39 is 0 Å². The van der Waals surface area contributed by atoms with Gasteiger partial charge in [0, 0.05) is 60.2 Å². The lowest BCUT2D eigenvalue weighted by atomic mass is 9.98. The largest absolute Gasteiger partial charge is 0.435 e. The molecule has 0 unspecified atom stereocenters. The molecule has 6 heteroatoms. The van der Waals surface area contributed by atoms with E-state index in [0.29, 0.717) is 17.2 Å². The van der Waals surface area contributed by atoms with Crippen LogP contribution in [0, 0.1) is 0 Å². The maximum absolute atomic E-state index is 6.84. The Morgan fingerprint density at radius 3 is 1.98 bits per heavy atom. The van der Waals surface area contributed by atoms with Crippen LogP contribution in [-0.2, 0) is 0 Å². The van der Waals surface area contributed by atoms with E-state index in [1.165, 1.54) is 59.6 Å². The van der Waals surface area contributed by atoms with E-state index in [0.717, 1.165) is 54.7 Å². The summed E-state index contributed by atoms with van der Waals surface area (Å²) in [5.74, 6) is 0.548. The lowest BCUT2D eigenvalue weighted by molar-refractivity contribution is 0.654. The molecule has 0 aliphatic rings. The van der Waals surface area contributed by atoms with Gasteiger partial charge in [0.15, 0.2) is 5.58 Å². The van der Waals surface area contributed by atoms with Gasteiger partial charge in [0.2, 0.25) is 11.7 Å². The maximum Gasteiger partial charge on any atom is 0.238 e. The van der Waals surface area contributed by atoms with Gasteiger partial charge in [0.25, 0.3) is 0 Å². The smallest absolute Gasteiger partial charge is 0.238 e. The summed E-state index contributed by atoms with van der Waals surface area (Å²) >= 11 is 0. The number of furan rings is 1. The normalized spacial score (nSPS) is 12.6. The minimum absolute atomic E-state index is 0.504. The second kappa shape index (κ2) is 10.5. The van der Waals surface area contributed by atoms with Crippen molar-refractivity contribution in [1.82, 2.24) is 23.9 Å². The third kappa shape index (κ3) is 3.67. The first-order valence-corrected chi connectivity index (χ1v) is 19.3. The first-order chi connectivity index (χ1) is 28.3. The van der Waals surface area contributed by atoms with Crippen LogP contribution in [0.25, 0.3) is 132 Å². The molecule has 0 radical (unpaired) electrons. The number of para-hydroxylation sites is 3. The number of pyridine rings is 1. The van der Waals surface area contributed by atoms with Crippen LogP contribution in [0.5, 0.6) is 0 Å². The molecule has 0 aliphatic carbocycles. The molecule has 0 saturated heterocycles. The molecule has 0 N–H and O–H groups in total.